The molecule has 2 heterocycles. The summed E-state index contributed by atoms with van der Waals surface area (Å²) >= 11 is 0. The first kappa shape index (κ1) is 21.2. The van der Waals surface area contributed by atoms with Gasteiger partial charge in [-0.15, -0.1) is 0 Å². The van der Waals surface area contributed by atoms with Gasteiger partial charge in [-0.1, -0.05) is 19.1 Å². The number of ether oxygens (including phenoxy) is 1. The summed E-state index contributed by atoms with van der Waals surface area (Å²) in [7, 11) is 3.46. The molecule has 1 saturated heterocycles. The molecule has 4 rings (SSSR count). The molecular weight excluding hydrogens is 395 g/mol. The zero-order valence-corrected chi connectivity index (χ0v) is 18.1. The van der Waals surface area contributed by atoms with E-state index in [1.54, 1.807) is 43.4 Å². The number of halogens is 1. The lowest BCUT2D eigenvalue weighted by atomic mass is 9.91. The molecule has 6 nitrogen and oxygen atoms in total. The number of rotatable bonds is 5. The smallest absolute Gasteiger partial charge is 0.253 e. The molecule has 1 fully saturated rings. The van der Waals surface area contributed by atoms with Gasteiger partial charge in [-0.25, -0.2) is 9.37 Å². The van der Waals surface area contributed by atoms with Crippen molar-refractivity contribution in [2.45, 2.75) is 19.3 Å². The van der Waals surface area contributed by atoms with Crippen LogP contribution in [0.5, 0.6) is 0 Å². The fourth-order valence-corrected chi connectivity index (χ4v) is 3.96. The van der Waals surface area contributed by atoms with Crippen LogP contribution in [-0.4, -0.2) is 61.2 Å². The highest BCUT2D eigenvalue weighted by molar-refractivity contribution is 5.98. The van der Waals surface area contributed by atoms with Crippen LogP contribution < -0.4 is 4.90 Å². The molecule has 31 heavy (non-hydrogen) atoms. The van der Waals surface area contributed by atoms with E-state index in [4.69, 9.17) is 9.72 Å². The summed E-state index contributed by atoms with van der Waals surface area (Å²) in [5.74, 6) is 0.496. The van der Waals surface area contributed by atoms with Crippen molar-refractivity contribution in [2.75, 3.05) is 45.3 Å². The normalized spacial score (nSPS) is 15.2. The molecule has 162 valence electrons. The van der Waals surface area contributed by atoms with Crippen molar-refractivity contribution in [3.63, 3.8) is 0 Å². The van der Waals surface area contributed by atoms with Crippen molar-refractivity contribution < 1.29 is 13.9 Å². The number of fused-ring (bicyclic) bond motifs is 1. The fourth-order valence-electron chi connectivity index (χ4n) is 3.96. The molecule has 3 aromatic rings. The molecule has 0 spiro atoms. The number of hydrogen-bond acceptors (Lipinski definition) is 5. The number of nitrogens with zero attached hydrogens (tertiary/aromatic N) is 4. The molecule has 7 heteroatoms. The number of hydrogen-bond donors (Lipinski definition) is 0. The second kappa shape index (κ2) is 8.98. The minimum absolute atomic E-state index is 0.0217. The average Bonchev–Trinajstić information content (AvgIpc) is 2.78. The van der Waals surface area contributed by atoms with E-state index in [2.05, 4.69) is 16.8 Å². The van der Waals surface area contributed by atoms with Crippen LogP contribution >= 0.6 is 0 Å². The Balaban J connectivity index is 1.78. The van der Waals surface area contributed by atoms with E-state index < -0.39 is 0 Å². The number of amides is 1. The van der Waals surface area contributed by atoms with Crippen LogP contribution in [0.4, 0.5) is 10.2 Å². The highest BCUT2D eigenvalue weighted by atomic mass is 19.1. The second-order valence-corrected chi connectivity index (χ2v) is 8.20. The van der Waals surface area contributed by atoms with Gasteiger partial charge < -0.3 is 14.5 Å². The highest BCUT2D eigenvalue weighted by Crippen LogP contribution is 2.30. The Hall–Kier alpha value is -3.06. The van der Waals surface area contributed by atoms with E-state index >= 15 is 0 Å². The molecular formula is C24H27FN4O2. The molecule has 1 aliphatic rings. The first-order chi connectivity index (χ1) is 14.9. The zero-order valence-electron chi connectivity index (χ0n) is 18.1. The fraction of sp³-hybridized carbons (Fsp3) is 0.375. The molecule has 1 aliphatic heterocycles. The molecule has 0 N–H and O–H groups in total. The SMILES string of the molecule is CC(Cc1cccc(F)c1)c1cc(C(=O)N(C)C)cc2ncc(N3CCOCC3)nc12. The van der Waals surface area contributed by atoms with E-state index in [1.165, 1.54) is 6.07 Å². The van der Waals surface area contributed by atoms with Crippen LogP contribution in [0.25, 0.3) is 11.0 Å². The minimum Gasteiger partial charge on any atom is -0.378 e. The van der Waals surface area contributed by atoms with Crippen LogP contribution in [0.1, 0.15) is 34.3 Å². The largest absolute Gasteiger partial charge is 0.378 e. The van der Waals surface area contributed by atoms with Gasteiger partial charge in [-0.3, -0.25) is 9.78 Å². The number of carbonyl (C=O) groups excluding carboxylic acids is 1. The summed E-state index contributed by atoms with van der Waals surface area (Å²) in [5, 5.41) is 0. The Morgan fingerprint density at radius 2 is 2.00 bits per heavy atom. The monoisotopic (exact) mass is 422 g/mol. The van der Waals surface area contributed by atoms with E-state index in [9.17, 15) is 9.18 Å². The van der Waals surface area contributed by atoms with Crippen molar-refractivity contribution in [1.82, 2.24) is 14.9 Å². The third-order valence-electron chi connectivity index (χ3n) is 5.61. The van der Waals surface area contributed by atoms with Gasteiger partial charge in [0.05, 0.1) is 30.4 Å². The summed E-state index contributed by atoms with van der Waals surface area (Å²) in [4.78, 5) is 26.0. The quantitative estimate of drug-likeness (QED) is 0.628. The molecule has 1 unspecified atom stereocenters. The Kier molecular flexibility index (Phi) is 6.13. The van der Waals surface area contributed by atoms with E-state index in [0.717, 1.165) is 35.6 Å². The number of anilines is 1. The lowest BCUT2D eigenvalue weighted by Crippen LogP contribution is -2.36. The second-order valence-electron chi connectivity index (χ2n) is 8.20. The first-order valence-electron chi connectivity index (χ1n) is 10.5. The van der Waals surface area contributed by atoms with E-state index in [1.807, 2.05) is 12.1 Å². The zero-order chi connectivity index (χ0) is 22.0. The van der Waals surface area contributed by atoms with Gasteiger partial charge in [-0.2, -0.15) is 0 Å². The van der Waals surface area contributed by atoms with Gasteiger partial charge in [0.2, 0.25) is 0 Å². The third-order valence-corrected chi connectivity index (χ3v) is 5.61. The Morgan fingerprint density at radius 1 is 1.23 bits per heavy atom. The summed E-state index contributed by atoms with van der Waals surface area (Å²) in [6.07, 6.45) is 2.40. The predicted octanol–water partition coefficient (Wildman–Crippen LogP) is 3.65. The van der Waals surface area contributed by atoms with Crippen molar-refractivity contribution >= 4 is 22.8 Å². The van der Waals surface area contributed by atoms with Gasteiger partial charge in [0, 0.05) is 32.7 Å². The maximum Gasteiger partial charge on any atom is 0.253 e. The van der Waals surface area contributed by atoms with Gasteiger partial charge in [0.25, 0.3) is 5.91 Å². The van der Waals surface area contributed by atoms with Crippen LogP contribution in [0.15, 0.2) is 42.6 Å². The number of carbonyl (C=O) groups is 1. The van der Waals surface area contributed by atoms with Gasteiger partial charge in [-0.05, 0) is 47.7 Å². The van der Waals surface area contributed by atoms with Gasteiger partial charge in [0.15, 0.2) is 0 Å². The maximum atomic E-state index is 13.7. The van der Waals surface area contributed by atoms with Crippen molar-refractivity contribution in [2.24, 2.45) is 0 Å². The molecule has 1 aromatic heterocycles. The molecule has 1 amide bonds. The molecule has 0 bridgehead atoms. The number of aromatic nitrogens is 2. The Labute approximate surface area is 181 Å². The Bertz CT molecular complexity index is 1100. The van der Waals surface area contributed by atoms with E-state index in [0.29, 0.717) is 30.7 Å². The Morgan fingerprint density at radius 3 is 2.71 bits per heavy atom. The highest BCUT2D eigenvalue weighted by Gasteiger charge is 2.20. The average molecular weight is 423 g/mol. The van der Waals surface area contributed by atoms with Crippen molar-refractivity contribution in [1.29, 1.82) is 0 Å². The maximum absolute atomic E-state index is 13.7. The summed E-state index contributed by atoms with van der Waals surface area (Å²) in [5.41, 5.74) is 3.89. The lowest BCUT2D eigenvalue weighted by Gasteiger charge is -2.28. The summed E-state index contributed by atoms with van der Waals surface area (Å²) in [6, 6.07) is 10.3. The predicted molar refractivity (Wildman–Crippen MR) is 119 cm³/mol. The van der Waals surface area contributed by atoms with Crippen molar-refractivity contribution in [3.8, 4) is 0 Å². The number of benzene rings is 2. The first-order valence-corrected chi connectivity index (χ1v) is 10.5. The van der Waals surface area contributed by atoms with Crippen molar-refractivity contribution in [3.05, 3.63) is 65.1 Å². The summed E-state index contributed by atoms with van der Waals surface area (Å²) in [6.45, 7) is 4.95. The molecule has 0 aliphatic carbocycles. The third kappa shape index (κ3) is 4.66. The minimum atomic E-state index is -0.250. The number of morpholine rings is 1. The summed E-state index contributed by atoms with van der Waals surface area (Å²) < 4.78 is 19.2. The van der Waals surface area contributed by atoms with Gasteiger partial charge >= 0.3 is 0 Å². The van der Waals surface area contributed by atoms with Crippen LogP contribution in [0.2, 0.25) is 0 Å². The topological polar surface area (TPSA) is 58.6 Å². The van der Waals surface area contributed by atoms with Gasteiger partial charge in [0.1, 0.15) is 11.6 Å². The van der Waals surface area contributed by atoms with Crippen LogP contribution in [0, 0.1) is 5.82 Å². The van der Waals surface area contributed by atoms with E-state index in [-0.39, 0.29) is 17.6 Å². The van der Waals surface area contributed by atoms with Crippen LogP contribution in [0.3, 0.4) is 0 Å². The molecule has 2 aromatic carbocycles. The molecule has 0 saturated carbocycles. The standard InChI is InChI=1S/C24H27FN4O2/c1-16(11-17-5-4-6-19(25)12-17)20-13-18(24(30)28(2)3)14-21-23(20)27-22(15-26-21)29-7-9-31-10-8-29/h4-6,12-16H,7-11H2,1-3H3. The molecule has 0 radical (unpaired) electrons. The van der Waals surface area contributed by atoms with Crippen LogP contribution in [-0.2, 0) is 11.2 Å². The molecule has 1 atom stereocenters. The lowest BCUT2D eigenvalue weighted by molar-refractivity contribution is 0.0827.